The summed E-state index contributed by atoms with van der Waals surface area (Å²) in [7, 11) is 0. The number of benzene rings is 2. The number of nitrogens with zero attached hydrogens (tertiary/aromatic N) is 2. The van der Waals surface area contributed by atoms with Gasteiger partial charge in [-0.1, -0.05) is 0 Å². The lowest BCUT2D eigenvalue weighted by Gasteiger charge is -2.14. The Labute approximate surface area is 139 Å². The number of hydrogen-bond donors (Lipinski definition) is 1. The average Bonchev–Trinajstić information content (AvgIpc) is 2.55. The van der Waals surface area contributed by atoms with Gasteiger partial charge in [0, 0.05) is 12.5 Å². The van der Waals surface area contributed by atoms with Crippen molar-refractivity contribution in [2.45, 2.75) is 12.8 Å². The maximum atomic E-state index is 14.1. The maximum Gasteiger partial charge on any atom is 0.269 e. The van der Waals surface area contributed by atoms with Crippen molar-refractivity contribution in [3.63, 3.8) is 0 Å². The van der Waals surface area contributed by atoms with Crippen molar-refractivity contribution in [3.8, 4) is 5.69 Å². The highest BCUT2D eigenvalue weighted by molar-refractivity contribution is 5.78. The lowest BCUT2D eigenvalue weighted by Crippen LogP contribution is -2.25. The third kappa shape index (κ3) is 3.12. The molecule has 0 saturated heterocycles. The highest BCUT2D eigenvalue weighted by Gasteiger charge is 2.18. The number of rotatable bonds is 4. The van der Waals surface area contributed by atoms with E-state index in [9.17, 15) is 22.4 Å². The number of aryl methyl sites for hydroxylation is 1. The van der Waals surface area contributed by atoms with Crippen LogP contribution in [0.3, 0.4) is 0 Å². The Hall–Kier alpha value is -2.74. The molecule has 4 nitrogen and oxygen atoms in total. The second-order valence-corrected chi connectivity index (χ2v) is 5.44. The third-order valence-electron chi connectivity index (χ3n) is 3.71. The molecule has 0 unspecified atom stereocenters. The van der Waals surface area contributed by atoms with E-state index in [1.165, 1.54) is 6.07 Å². The number of halogens is 4. The summed E-state index contributed by atoms with van der Waals surface area (Å²) in [5, 5.41) is -0.582. The highest BCUT2D eigenvalue weighted by Crippen LogP contribution is 2.20. The van der Waals surface area contributed by atoms with Gasteiger partial charge < -0.3 is 5.73 Å². The van der Waals surface area contributed by atoms with Gasteiger partial charge in [-0.25, -0.2) is 22.5 Å². The molecule has 0 atom stereocenters. The van der Waals surface area contributed by atoms with Gasteiger partial charge in [0.25, 0.3) is 5.56 Å². The molecular formula is C17H13F4N3O. The molecule has 25 heavy (non-hydrogen) atoms. The van der Waals surface area contributed by atoms with Crippen LogP contribution in [0.25, 0.3) is 16.6 Å². The molecule has 0 fully saturated rings. The fourth-order valence-corrected chi connectivity index (χ4v) is 2.62. The number of aromatic nitrogens is 2. The first-order valence-corrected chi connectivity index (χ1v) is 7.48. The Morgan fingerprint density at radius 1 is 1.04 bits per heavy atom. The first-order chi connectivity index (χ1) is 11.9. The molecule has 130 valence electrons. The standard InChI is InChI=1S/C17H13F4N3O/c18-9-6-10(19)8-11(7-9)24-14(2-1-5-22)23-13-4-3-12(20)16(21)15(13)17(24)25/h3-4,6-8H,1-2,5,22H2. The van der Waals surface area contributed by atoms with Crippen LogP contribution in [0, 0.1) is 23.3 Å². The van der Waals surface area contributed by atoms with Gasteiger partial charge in [0.05, 0.1) is 11.2 Å². The maximum absolute atomic E-state index is 14.1. The summed E-state index contributed by atoms with van der Waals surface area (Å²) in [6, 6.07) is 4.52. The Morgan fingerprint density at radius 3 is 2.36 bits per heavy atom. The molecule has 1 heterocycles. The average molecular weight is 351 g/mol. The molecule has 0 radical (unpaired) electrons. The van der Waals surface area contributed by atoms with Crippen molar-refractivity contribution >= 4 is 10.9 Å². The molecule has 0 bridgehead atoms. The van der Waals surface area contributed by atoms with Crippen molar-refractivity contribution in [2.75, 3.05) is 6.54 Å². The van der Waals surface area contributed by atoms with Gasteiger partial charge in [-0.2, -0.15) is 0 Å². The molecule has 2 N–H and O–H groups in total. The Kier molecular flexibility index (Phi) is 4.54. The van der Waals surface area contributed by atoms with E-state index in [1.54, 1.807) is 0 Å². The summed E-state index contributed by atoms with van der Waals surface area (Å²) in [6.45, 7) is 0.295. The van der Waals surface area contributed by atoms with Gasteiger partial charge in [0.1, 0.15) is 22.8 Å². The minimum Gasteiger partial charge on any atom is -0.330 e. The van der Waals surface area contributed by atoms with E-state index in [4.69, 9.17) is 5.73 Å². The van der Waals surface area contributed by atoms with Crippen LogP contribution in [0.15, 0.2) is 35.1 Å². The molecule has 0 spiro atoms. The van der Waals surface area contributed by atoms with Gasteiger partial charge in [0.15, 0.2) is 11.6 Å². The van der Waals surface area contributed by atoms with Gasteiger partial charge in [-0.3, -0.25) is 9.36 Å². The number of hydrogen-bond acceptors (Lipinski definition) is 3. The third-order valence-corrected chi connectivity index (χ3v) is 3.71. The minimum atomic E-state index is -1.36. The van der Waals surface area contributed by atoms with Crippen LogP contribution in [-0.4, -0.2) is 16.1 Å². The van der Waals surface area contributed by atoms with Crippen LogP contribution in [0.4, 0.5) is 17.6 Å². The van der Waals surface area contributed by atoms with E-state index < -0.39 is 34.2 Å². The molecule has 1 aromatic heterocycles. The lowest BCUT2D eigenvalue weighted by molar-refractivity contribution is 0.515. The second-order valence-electron chi connectivity index (χ2n) is 5.44. The monoisotopic (exact) mass is 351 g/mol. The van der Waals surface area contributed by atoms with Gasteiger partial charge in [-0.15, -0.1) is 0 Å². The first-order valence-electron chi connectivity index (χ1n) is 7.48. The van der Waals surface area contributed by atoms with Gasteiger partial charge in [0.2, 0.25) is 0 Å². The van der Waals surface area contributed by atoms with E-state index in [1.807, 2.05) is 0 Å². The lowest BCUT2D eigenvalue weighted by atomic mass is 10.2. The molecule has 2 aromatic carbocycles. The molecule has 0 aliphatic carbocycles. The van der Waals surface area contributed by atoms with Crippen molar-refractivity contribution in [1.29, 1.82) is 0 Å². The van der Waals surface area contributed by atoms with Crippen molar-refractivity contribution in [2.24, 2.45) is 5.73 Å². The SMILES string of the molecule is NCCCc1nc2ccc(F)c(F)c2c(=O)n1-c1cc(F)cc(F)c1. The molecular weight excluding hydrogens is 338 g/mol. The topological polar surface area (TPSA) is 60.9 Å². The predicted molar refractivity (Wildman–Crippen MR) is 84.5 cm³/mol. The normalized spacial score (nSPS) is 11.2. The van der Waals surface area contributed by atoms with Gasteiger partial charge >= 0.3 is 0 Å². The molecule has 0 saturated carbocycles. The number of fused-ring (bicyclic) bond motifs is 1. The van der Waals surface area contributed by atoms with E-state index in [2.05, 4.69) is 4.98 Å². The van der Waals surface area contributed by atoms with E-state index in [0.717, 1.165) is 22.8 Å². The zero-order chi connectivity index (χ0) is 18.1. The van der Waals surface area contributed by atoms with E-state index in [0.29, 0.717) is 19.0 Å². The van der Waals surface area contributed by atoms with Crippen LogP contribution in [0.2, 0.25) is 0 Å². The predicted octanol–water partition coefficient (Wildman–Crippen LogP) is 2.83. The van der Waals surface area contributed by atoms with Crippen molar-refractivity contribution in [3.05, 3.63) is 69.8 Å². The zero-order valence-corrected chi connectivity index (χ0v) is 12.9. The molecule has 3 rings (SSSR count). The summed E-state index contributed by atoms with van der Waals surface area (Å²) >= 11 is 0. The fourth-order valence-electron chi connectivity index (χ4n) is 2.62. The fraction of sp³-hybridized carbons (Fsp3) is 0.176. The first kappa shape index (κ1) is 17.1. The van der Waals surface area contributed by atoms with Crippen LogP contribution >= 0.6 is 0 Å². The van der Waals surface area contributed by atoms with E-state index in [-0.39, 0.29) is 23.4 Å². The smallest absolute Gasteiger partial charge is 0.269 e. The summed E-state index contributed by atoms with van der Waals surface area (Å²) in [5.41, 5.74) is 4.32. The van der Waals surface area contributed by atoms with Crippen molar-refractivity contribution in [1.82, 2.24) is 9.55 Å². The Balaban J connectivity index is 2.39. The number of nitrogens with two attached hydrogens (primary N) is 1. The quantitative estimate of drug-likeness (QED) is 0.736. The van der Waals surface area contributed by atoms with Crippen LogP contribution in [-0.2, 0) is 6.42 Å². The summed E-state index contributed by atoms with van der Waals surface area (Å²) in [4.78, 5) is 16.9. The molecule has 8 heteroatoms. The van der Waals surface area contributed by atoms with Crippen molar-refractivity contribution < 1.29 is 17.6 Å². The van der Waals surface area contributed by atoms with E-state index >= 15 is 0 Å². The Bertz CT molecular complexity index is 997. The largest absolute Gasteiger partial charge is 0.330 e. The molecule has 3 aromatic rings. The van der Waals surface area contributed by atoms with Crippen LogP contribution in [0.5, 0.6) is 0 Å². The summed E-state index contributed by atoms with van der Waals surface area (Å²) in [5.74, 6) is -4.24. The summed E-state index contributed by atoms with van der Waals surface area (Å²) < 4.78 is 55.6. The van der Waals surface area contributed by atoms with Crippen LogP contribution < -0.4 is 11.3 Å². The minimum absolute atomic E-state index is 0.0379. The molecule has 0 amide bonds. The highest BCUT2D eigenvalue weighted by atomic mass is 19.2. The Morgan fingerprint density at radius 2 is 1.72 bits per heavy atom. The second kappa shape index (κ2) is 6.64. The molecule has 0 aliphatic rings. The van der Waals surface area contributed by atoms with Gasteiger partial charge in [-0.05, 0) is 37.2 Å². The molecule has 0 aliphatic heterocycles. The van der Waals surface area contributed by atoms with Crippen LogP contribution in [0.1, 0.15) is 12.2 Å². The zero-order valence-electron chi connectivity index (χ0n) is 12.9. The summed E-state index contributed by atoms with van der Waals surface area (Å²) in [6.07, 6.45) is 0.665.